The van der Waals surface area contributed by atoms with Crippen molar-refractivity contribution in [2.45, 2.75) is 25.4 Å². The molecule has 2 aromatic heterocycles. The summed E-state index contributed by atoms with van der Waals surface area (Å²) in [6.07, 6.45) is 0.900. The lowest BCUT2D eigenvalue weighted by Crippen LogP contribution is -2.58. The summed E-state index contributed by atoms with van der Waals surface area (Å²) in [6, 6.07) is 14.0. The van der Waals surface area contributed by atoms with Crippen LogP contribution in [0.4, 0.5) is 10.7 Å². The maximum atomic E-state index is 12.0. The number of hydrogen-bond acceptors (Lipinski definition) is 5. The Bertz CT molecular complexity index is 1100. The van der Waals surface area contributed by atoms with E-state index in [2.05, 4.69) is 37.7 Å². The quantitative estimate of drug-likeness (QED) is 0.579. The van der Waals surface area contributed by atoms with Gasteiger partial charge in [-0.05, 0) is 30.5 Å². The number of nitrogens with zero attached hydrogens (tertiary/aromatic N) is 4. The summed E-state index contributed by atoms with van der Waals surface area (Å²) >= 11 is 0. The molecule has 2 aliphatic rings. The van der Waals surface area contributed by atoms with Crippen molar-refractivity contribution in [2.24, 2.45) is 5.92 Å². The van der Waals surface area contributed by atoms with Crippen molar-refractivity contribution in [3.8, 4) is 11.3 Å². The predicted octanol–water partition coefficient (Wildman–Crippen LogP) is 2.20. The van der Waals surface area contributed by atoms with Crippen molar-refractivity contribution >= 4 is 23.6 Å². The minimum Gasteiger partial charge on any atom is -0.465 e. The fourth-order valence-electron chi connectivity index (χ4n) is 3.74. The molecule has 1 aromatic carbocycles. The fourth-order valence-corrected chi connectivity index (χ4v) is 3.74. The molecule has 0 bridgehead atoms. The predicted molar refractivity (Wildman–Crippen MR) is 110 cm³/mol. The van der Waals surface area contributed by atoms with Gasteiger partial charge < -0.3 is 10.4 Å². The van der Waals surface area contributed by atoms with E-state index in [4.69, 9.17) is 5.11 Å². The topological polar surface area (TPSA) is 112 Å². The third-order valence-corrected chi connectivity index (χ3v) is 5.48. The second-order valence-corrected chi connectivity index (χ2v) is 7.92. The minimum atomic E-state index is -0.971. The molecule has 154 valence electrons. The number of rotatable bonds is 6. The number of pyridine rings is 1. The average Bonchev–Trinajstić information content (AvgIpc) is 3.46. The van der Waals surface area contributed by atoms with Crippen molar-refractivity contribution in [1.82, 2.24) is 24.8 Å². The molecule has 1 aliphatic heterocycles. The number of hydrogen-bond donors (Lipinski definition) is 3. The molecule has 0 atom stereocenters. The molecule has 1 aliphatic carbocycles. The molecule has 30 heavy (non-hydrogen) atoms. The number of likely N-dealkylation sites (tertiary alicyclic amines) is 1. The Morgan fingerprint density at radius 3 is 2.57 bits per heavy atom. The molecule has 9 heteroatoms. The van der Waals surface area contributed by atoms with Crippen LogP contribution in [-0.2, 0) is 11.3 Å². The van der Waals surface area contributed by atoms with Crippen molar-refractivity contribution < 1.29 is 14.7 Å². The molecule has 9 nitrogen and oxygen atoms in total. The number of fused-ring (bicyclic) bond motifs is 1. The van der Waals surface area contributed by atoms with Crippen LogP contribution in [0.25, 0.3) is 16.9 Å². The molecule has 5 rings (SSSR count). The van der Waals surface area contributed by atoms with Crippen molar-refractivity contribution in [3.63, 3.8) is 0 Å². The highest BCUT2D eigenvalue weighted by molar-refractivity contribution is 5.92. The highest BCUT2D eigenvalue weighted by Crippen LogP contribution is 2.30. The van der Waals surface area contributed by atoms with E-state index in [1.165, 1.54) is 0 Å². The standard InChI is InChI=1S/C21H22N6O3/c28-19(15-8-9-15)24-20-23-18-3-1-2-17(27(18)25-20)14-6-4-13(5-7-14)10-26-11-16(12-26)22-21(29)30/h1-7,15-16,22H,8-12H2,(H,29,30)(H,24,25,28). The fraction of sp³-hybridized carbons (Fsp3) is 0.333. The van der Waals surface area contributed by atoms with Gasteiger partial charge in [0.1, 0.15) is 0 Å². The Kier molecular flexibility index (Phi) is 4.59. The Hall–Kier alpha value is -3.46. The smallest absolute Gasteiger partial charge is 0.404 e. The zero-order valence-corrected chi connectivity index (χ0v) is 16.3. The van der Waals surface area contributed by atoms with Crippen LogP contribution in [0, 0.1) is 5.92 Å². The van der Waals surface area contributed by atoms with Gasteiger partial charge in [-0.3, -0.25) is 15.0 Å². The van der Waals surface area contributed by atoms with Crippen molar-refractivity contribution in [3.05, 3.63) is 48.0 Å². The van der Waals surface area contributed by atoms with Crippen LogP contribution in [0.3, 0.4) is 0 Å². The van der Waals surface area contributed by atoms with Gasteiger partial charge in [0, 0.05) is 31.1 Å². The lowest BCUT2D eigenvalue weighted by molar-refractivity contribution is -0.117. The van der Waals surface area contributed by atoms with Crippen LogP contribution in [-0.4, -0.2) is 55.7 Å². The third-order valence-electron chi connectivity index (χ3n) is 5.48. The number of carboxylic acid groups (broad SMARTS) is 1. The van der Waals surface area contributed by atoms with Crippen LogP contribution >= 0.6 is 0 Å². The van der Waals surface area contributed by atoms with Gasteiger partial charge in [-0.15, -0.1) is 5.10 Å². The van der Waals surface area contributed by atoms with Crippen LogP contribution < -0.4 is 10.6 Å². The van der Waals surface area contributed by atoms with E-state index in [9.17, 15) is 9.59 Å². The van der Waals surface area contributed by atoms with Crippen LogP contribution in [0.1, 0.15) is 18.4 Å². The van der Waals surface area contributed by atoms with E-state index in [0.717, 1.165) is 49.3 Å². The SMILES string of the molecule is O=C(O)NC1CN(Cc2ccc(-c3cccc4nc(NC(=O)C5CC5)nn34)cc2)C1. The summed E-state index contributed by atoms with van der Waals surface area (Å²) in [7, 11) is 0. The zero-order valence-electron chi connectivity index (χ0n) is 16.3. The summed E-state index contributed by atoms with van der Waals surface area (Å²) in [5, 5.41) is 18.5. The lowest BCUT2D eigenvalue weighted by Gasteiger charge is -2.38. The highest BCUT2D eigenvalue weighted by Gasteiger charge is 2.30. The van der Waals surface area contributed by atoms with Gasteiger partial charge in [-0.2, -0.15) is 4.98 Å². The first-order valence-electron chi connectivity index (χ1n) is 10.0. The zero-order chi connectivity index (χ0) is 20.7. The van der Waals surface area contributed by atoms with Gasteiger partial charge in [0.2, 0.25) is 11.9 Å². The number of benzene rings is 1. The van der Waals surface area contributed by atoms with E-state index < -0.39 is 6.09 Å². The first-order valence-corrected chi connectivity index (χ1v) is 10.0. The molecule has 3 aromatic rings. The molecule has 2 amide bonds. The second-order valence-electron chi connectivity index (χ2n) is 7.92. The van der Waals surface area contributed by atoms with Crippen LogP contribution in [0.2, 0.25) is 0 Å². The van der Waals surface area contributed by atoms with Gasteiger partial charge >= 0.3 is 6.09 Å². The van der Waals surface area contributed by atoms with Gasteiger partial charge in [0.15, 0.2) is 5.65 Å². The van der Waals surface area contributed by atoms with Crippen molar-refractivity contribution in [1.29, 1.82) is 0 Å². The lowest BCUT2D eigenvalue weighted by atomic mass is 10.0. The van der Waals surface area contributed by atoms with Gasteiger partial charge in [-0.1, -0.05) is 30.3 Å². The molecule has 2 fully saturated rings. The van der Waals surface area contributed by atoms with Crippen LogP contribution in [0.15, 0.2) is 42.5 Å². The molecule has 1 saturated heterocycles. The number of carbonyl (C=O) groups is 2. The number of amides is 2. The molecule has 0 spiro atoms. The Morgan fingerprint density at radius 1 is 1.10 bits per heavy atom. The maximum Gasteiger partial charge on any atom is 0.404 e. The summed E-state index contributed by atoms with van der Waals surface area (Å²) in [5.41, 5.74) is 3.74. The number of nitrogens with one attached hydrogen (secondary N) is 2. The van der Waals surface area contributed by atoms with E-state index in [0.29, 0.717) is 11.6 Å². The summed E-state index contributed by atoms with van der Waals surface area (Å²) in [5.74, 6) is 0.423. The first kappa shape index (κ1) is 18.6. The second kappa shape index (κ2) is 7.42. The molecule has 1 saturated carbocycles. The van der Waals surface area contributed by atoms with Gasteiger partial charge in [0.25, 0.3) is 0 Å². The minimum absolute atomic E-state index is 0.0106. The molecule has 3 N–H and O–H groups in total. The molecule has 3 heterocycles. The largest absolute Gasteiger partial charge is 0.465 e. The maximum absolute atomic E-state index is 12.0. The van der Waals surface area contributed by atoms with Crippen molar-refractivity contribution in [2.75, 3.05) is 18.4 Å². The normalized spacial score (nSPS) is 16.9. The highest BCUT2D eigenvalue weighted by atomic mass is 16.4. The Labute approximate surface area is 172 Å². The summed E-state index contributed by atoms with van der Waals surface area (Å²) in [6.45, 7) is 2.23. The summed E-state index contributed by atoms with van der Waals surface area (Å²) in [4.78, 5) is 29.3. The molecular formula is C21H22N6O3. The number of aromatic nitrogens is 3. The van der Waals surface area contributed by atoms with E-state index in [1.807, 2.05) is 30.3 Å². The van der Waals surface area contributed by atoms with Gasteiger partial charge in [-0.25, -0.2) is 9.31 Å². The van der Waals surface area contributed by atoms with E-state index >= 15 is 0 Å². The molecule has 0 radical (unpaired) electrons. The first-order chi connectivity index (χ1) is 14.5. The summed E-state index contributed by atoms with van der Waals surface area (Å²) < 4.78 is 1.75. The molecular weight excluding hydrogens is 384 g/mol. The Balaban J connectivity index is 1.29. The molecule has 0 unspecified atom stereocenters. The van der Waals surface area contributed by atoms with Gasteiger partial charge in [0.05, 0.1) is 11.7 Å². The third kappa shape index (κ3) is 3.84. The number of carbonyl (C=O) groups excluding carboxylic acids is 1. The Morgan fingerprint density at radius 2 is 1.87 bits per heavy atom. The number of anilines is 1. The van der Waals surface area contributed by atoms with Crippen LogP contribution in [0.5, 0.6) is 0 Å². The van der Waals surface area contributed by atoms with E-state index in [1.54, 1.807) is 4.52 Å². The monoisotopic (exact) mass is 406 g/mol. The van der Waals surface area contributed by atoms with E-state index in [-0.39, 0.29) is 17.9 Å². The average molecular weight is 406 g/mol.